The molecule has 60 heavy (non-hydrogen) atoms. The summed E-state index contributed by atoms with van der Waals surface area (Å²) in [6, 6.07) is 0. The first-order valence-electron chi connectivity index (χ1n) is 22.1. The van der Waals surface area contributed by atoms with Gasteiger partial charge < -0.3 is 39.9 Å². The SMILES string of the molecule is CC/C=C\C/C=C\C/C=C\C/C=C\C/C=C\CC(=O)OC(COCCCCCCCCCC/C=C\C/C=C\C/C=C\CC)COP(=O)(O)OC1C(O)C(O)C(O)C(O)C1O. The molecule has 0 saturated heterocycles. The molecule has 0 aromatic carbocycles. The molecule has 0 heterocycles. The Morgan fingerprint density at radius 3 is 1.42 bits per heavy atom. The highest BCUT2D eigenvalue weighted by molar-refractivity contribution is 7.47. The average molecular weight is 865 g/mol. The van der Waals surface area contributed by atoms with Gasteiger partial charge in [-0.25, -0.2) is 4.57 Å². The highest BCUT2D eigenvalue weighted by atomic mass is 31.2. The number of carbonyl (C=O) groups excluding carboxylic acids is 1. The Bertz CT molecular complexity index is 1350. The van der Waals surface area contributed by atoms with Crippen molar-refractivity contribution in [3.8, 4) is 0 Å². The first kappa shape index (κ1) is 55.3. The Kier molecular flexibility index (Phi) is 34.0. The van der Waals surface area contributed by atoms with Crippen molar-refractivity contribution in [2.45, 2.75) is 172 Å². The molecule has 12 nitrogen and oxygen atoms in total. The van der Waals surface area contributed by atoms with Gasteiger partial charge in [0.15, 0.2) is 0 Å². The number of phosphoric acid groups is 1. The van der Waals surface area contributed by atoms with E-state index in [0.29, 0.717) is 13.0 Å². The predicted molar refractivity (Wildman–Crippen MR) is 239 cm³/mol. The molecule has 6 atom stereocenters. The molecule has 6 unspecified atom stereocenters. The lowest BCUT2D eigenvalue weighted by molar-refractivity contribution is -0.220. The molecule has 0 bridgehead atoms. The Hall–Kier alpha value is -2.74. The summed E-state index contributed by atoms with van der Waals surface area (Å²) < 4.78 is 34.0. The van der Waals surface area contributed by atoms with E-state index in [2.05, 4.69) is 86.8 Å². The lowest BCUT2D eigenvalue weighted by Gasteiger charge is -2.41. The van der Waals surface area contributed by atoms with Crippen LogP contribution in [0.1, 0.15) is 129 Å². The first-order chi connectivity index (χ1) is 29.0. The molecule has 1 fully saturated rings. The normalized spacial score (nSPS) is 23.3. The Labute approximate surface area is 360 Å². The third kappa shape index (κ3) is 28.7. The molecule has 1 aliphatic rings. The van der Waals surface area contributed by atoms with Gasteiger partial charge >= 0.3 is 13.8 Å². The molecule has 0 spiro atoms. The lowest BCUT2D eigenvalue weighted by atomic mass is 9.85. The predicted octanol–water partition coefficient (Wildman–Crippen LogP) is 8.75. The van der Waals surface area contributed by atoms with Crippen molar-refractivity contribution in [1.82, 2.24) is 0 Å². The fourth-order valence-corrected chi connectivity index (χ4v) is 7.00. The van der Waals surface area contributed by atoms with Crippen LogP contribution in [-0.2, 0) is 27.9 Å². The standard InChI is InChI=1S/C47H77O12P/c1-3-5-7-9-11-13-15-17-19-20-21-23-25-27-29-31-33-35-37-56-38-40(39-57-60(54,55)59-47-45(52)43(50)42(49)44(51)46(47)53)58-41(48)36-34-32-30-28-26-24-22-18-16-14-12-10-8-6-4-2/h5-8,11-14,17-19,22,26,28,32,34,40,42-47,49-53H,3-4,9-10,15-16,20-21,23-25,27,29-31,33,35-39H2,1-2H3,(H,54,55)/b7-5-,8-6-,13-11-,14-12-,19-17-,22-18-,28-26-,34-32-. The maximum absolute atomic E-state index is 12.8. The van der Waals surface area contributed by atoms with E-state index in [9.17, 15) is 39.8 Å². The fourth-order valence-electron chi connectivity index (χ4n) is 6.03. The Morgan fingerprint density at radius 1 is 0.533 bits per heavy atom. The van der Waals surface area contributed by atoms with Crippen molar-refractivity contribution >= 4 is 13.8 Å². The van der Waals surface area contributed by atoms with Crippen LogP contribution in [-0.4, -0.2) is 98.9 Å². The molecular weight excluding hydrogens is 787 g/mol. The Morgan fingerprint density at radius 2 is 0.933 bits per heavy atom. The zero-order valence-corrected chi connectivity index (χ0v) is 37.1. The summed E-state index contributed by atoms with van der Waals surface area (Å²) in [7, 11) is -5.05. The highest BCUT2D eigenvalue weighted by Gasteiger charge is 2.51. The van der Waals surface area contributed by atoms with E-state index < -0.39 is 63.1 Å². The van der Waals surface area contributed by atoms with Crippen LogP contribution < -0.4 is 0 Å². The molecule has 0 radical (unpaired) electrons. The van der Waals surface area contributed by atoms with Crippen molar-refractivity contribution in [1.29, 1.82) is 0 Å². The number of phosphoric ester groups is 1. The summed E-state index contributed by atoms with van der Waals surface area (Å²) in [6.07, 6.45) is 37.9. The minimum absolute atomic E-state index is 0.0540. The van der Waals surface area contributed by atoms with Crippen molar-refractivity contribution in [2.24, 2.45) is 0 Å². The zero-order valence-electron chi connectivity index (χ0n) is 36.2. The number of rotatable bonds is 35. The minimum atomic E-state index is -5.05. The first-order valence-corrected chi connectivity index (χ1v) is 23.6. The van der Waals surface area contributed by atoms with Gasteiger partial charge in [0.2, 0.25) is 0 Å². The molecule has 6 N–H and O–H groups in total. The molecule has 0 aromatic rings. The van der Waals surface area contributed by atoms with E-state index in [4.69, 9.17) is 18.5 Å². The number of allylic oxidation sites excluding steroid dienone is 15. The number of esters is 1. The summed E-state index contributed by atoms with van der Waals surface area (Å²) in [5, 5.41) is 50.1. The van der Waals surface area contributed by atoms with E-state index >= 15 is 0 Å². The van der Waals surface area contributed by atoms with E-state index in [-0.39, 0.29) is 13.0 Å². The van der Waals surface area contributed by atoms with Gasteiger partial charge in [-0.15, -0.1) is 0 Å². The van der Waals surface area contributed by atoms with Crippen LogP contribution in [0.4, 0.5) is 0 Å². The number of hydrogen-bond donors (Lipinski definition) is 6. The second-order valence-electron chi connectivity index (χ2n) is 14.8. The lowest BCUT2D eigenvalue weighted by Crippen LogP contribution is -2.64. The highest BCUT2D eigenvalue weighted by Crippen LogP contribution is 2.47. The van der Waals surface area contributed by atoms with Crippen LogP contribution >= 0.6 is 7.82 Å². The molecule has 13 heteroatoms. The summed E-state index contributed by atoms with van der Waals surface area (Å²) in [6.45, 7) is 3.88. The topological polar surface area (TPSA) is 192 Å². The molecule has 0 amide bonds. The average Bonchev–Trinajstić information content (AvgIpc) is 3.23. The van der Waals surface area contributed by atoms with Gasteiger partial charge in [-0.05, 0) is 70.6 Å². The summed E-state index contributed by atoms with van der Waals surface area (Å²) in [5.41, 5.74) is 0. The van der Waals surface area contributed by atoms with Crippen molar-refractivity contribution in [3.05, 3.63) is 97.2 Å². The fraction of sp³-hybridized carbons (Fsp3) is 0.638. The van der Waals surface area contributed by atoms with Crippen molar-refractivity contribution in [3.63, 3.8) is 0 Å². The molecule has 342 valence electrons. The minimum Gasteiger partial charge on any atom is -0.457 e. The van der Waals surface area contributed by atoms with Gasteiger partial charge in [0.25, 0.3) is 0 Å². The molecule has 1 rings (SSSR count). The quantitative estimate of drug-likeness (QED) is 0.0154. The van der Waals surface area contributed by atoms with Crippen LogP contribution in [0.2, 0.25) is 0 Å². The summed E-state index contributed by atoms with van der Waals surface area (Å²) >= 11 is 0. The number of carbonyl (C=O) groups is 1. The van der Waals surface area contributed by atoms with Gasteiger partial charge in [0.05, 0.1) is 19.6 Å². The maximum Gasteiger partial charge on any atom is 0.472 e. The van der Waals surface area contributed by atoms with E-state index in [0.717, 1.165) is 77.0 Å². The zero-order chi connectivity index (χ0) is 44.1. The largest absolute Gasteiger partial charge is 0.472 e. The van der Waals surface area contributed by atoms with Crippen LogP contribution in [0.5, 0.6) is 0 Å². The number of aliphatic hydroxyl groups excluding tert-OH is 5. The molecule has 1 saturated carbocycles. The number of hydrogen-bond acceptors (Lipinski definition) is 11. The van der Waals surface area contributed by atoms with Crippen LogP contribution in [0, 0.1) is 0 Å². The smallest absolute Gasteiger partial charge is 0.457 e. The summed E-state index contributed by atoms with van der Waals surface area (Å²) in [5.74, 6) is -0.611. The molecular formula is C47H77O12P. The van der Waals surface area contributed by atoms with Gasteiger partial charge in [-0.3, -0.25) is 13.8 Å². The van der Waals surface area contributed by atoms with Gasteiger partial charge in [-0.2, -0.15) is 0 Å². The van der Waals surface area contributed by atoms with Crippen LogP contribution in [0.3, 0.4) is 0 Å². The monoisotopic (exact) mass is 865 g/mol. The van der Waals surface area contributed by atoms with Crippen LogP contribution in [0.25, 0.3) is 0 Å². The summed E-state index contributed by atoms with van der Waals surface area (Å²) in [4.78, 5) is 23.1. The number of aliphatic hydroxyl groups is 5. The second-order valence-corrected chi connectivity index (χ2v) is 16.2. The van der Waals surface area contributed by atoms with E-state index in [1.165, 1.54) is 25.7 Å². The second kappa shape index (κ2) is 36.9. The van der Waals surface area contributed by atoms with E-state index in [1.54, 1.807) is 6.08 Å². The molecule has 0 aliphatic heterocycles. The van der Waals surface area contributed by atoms with Gasteiger partial charge in [0.1, 0.15) is 42.7 Å². The number of unbranched alkanes of at least 4 members (excludes halogenated alkanes) is 8. The molecule has 0 aromatic heterocycles. The third-order valence-corrected chi connectivity index (χ3v) is 10.5. The van der Waals surface area contributed by atoms with Crippen molar-refractivity contribution < 1.29 is 58.3 Å². The van der Waals surface area contributed by atoms with Crippen LogP contribution in [0.15, 0.2) is 97.2 Å². The van der Waals surface area contributed by atoms with Gasteiger partial charge in [-0.1, -0.05) is 150 Å². The molecule has 1 aliphatic carbocycles. The Balaban J connectivity index is 2.48. The maximum atomic E-state index is 12.8. The van der Waals surface area contributed by atoms with Crippen molar-refractivity contribution in [2.75, 3.05) is 19.8 Å². The third-order valence-electron chi connectivity index (χ3n) is 9.48. The van der Waals surface area contributed by atoms with Gasteiger partial charge in [0, 0.05) is 6.61 Å². The number of ether oxygens (including phenoxy) is 2. The van der Waals surface area contributed by atoms with E-state index in [1.807, 2.05) is 18.2 Å².